The third-order valence-electron chi connectivity index (χ3n) is 2.80. The van der Waals surface area contributed by atoms with Gasteiger partial charge in [-0.15, -0.1) is 4.39 Å². The van der Waals surface area contributed by atoms with E-state index in [9.17, 15) is 18.0 Å². The predicted molar refractivity (Wildman–Crippen MR) is 52.8 cm³/mol. The third-order valence-corrected chi connectivity index (χ3v) is 2.80. The van der Waals surface area contributed by atoms with Crippen LogP contribution in [0.1, 0.15) is 39.0 Å². The van der Waals surface area contributed by atoms with Crippen molar-refractivity contribution in [2.75, 3.05) is 13.5 Å². The number of hydrogen-bond acceptors (Lipinski definition) is 1. The maximum absolute atomic E-state index is 11.8. The van der Waals surface area contributed by atoms with Gasteiger partial charge in [0.2, 0.25) is 6.93 Å². The minimum atomic E-state index is -1.75. The molecule has 1 aliphatic rings. The normalized spacial score (nSPS) is 17.9. The van der Waals surface area contributed by atoms with Gasteiger partial charge in [0.15, 0.2) is 0 Å². The highest BCUT2D eigenvalue weighted by atomic mass is 19.3. The summed E-state index contributed by atoms with van der Waals surface area (Å²) < 4.78 is 31.0. The molecule has 1 rings (SSSR count). The summed E-state index contributed by atoms with van der Waals surface area (Å²) in [5.74, 6) is 0. The van der Waals surface area contributed by atoms with Crippen LogP contribution in [0.2, 0.25) is 0 Å². The highest BCUT2D eigenvalue weighted by Crippen LogP contribution is 2.39. The summed E-state index contributed by atoms with van der Waals surface area (Å²) in [4.78, 5) is 9.94. The van der Waals surface area contributed by atoms with Crippen LogP contribution in [-0.2, 0) is 0 Å². The number of rotatable bonds is 3. The van der Waals surface area contributed by atoms with Crippen molar-refractivity contribution in [1.82, 2.24) is 5.32 Å². The molecule has 1 amide bonds. The van der Waals surface area contributed by atoms with Crippen molar-refractivity contribution in [2.45, 2.75) is 39.0 Å². The fraction of sp³-hybridized carbons (Fsp3) is 0.900. The number of carbonyl (C=O) groups excluding carboxylic acids is 1. The lowest BCUT2D eigenvalue weighted by molar-refractivity contribution is 0.218. The molecule has 0 bridgehead atoms. The van der Waals surface area contributed by atoms with E-state index in [1.54, 1.807) is 0 Å². The van der Waals surface area contributed by atoms with E-state index in [2.05, 4.69) is 12.2 Å². The van der Waals surface area contributed by atoms with Gasteiger partial charge in [-0.2, -0.15) is 0 Å². The standard InChI is InChI=1S/C9H16FNO.CH2F2/c1-9(4-2-3-5-9)6-7-11-8(10)12;2-1-3/h2-7H2,1H3,(H,11,12);1H2. The van der Waals surface area contributed by atoms with Crippen molar-refractivity contribution in [2.24, 2.45) is 5.41 Å². The Bertz CT molecular complexity index is 182. The number of halogens is 3. The number of amides is 1. The van der Waals surface area contributed by atoms with E-state index in [1.807, 2.05) is 0 Å². The van der Waals surface area contributed by atoms with Crippen LogP contribution in [0.15, 0.2) is 0 Å². The Balaban J connectivity index is 0.000000583. The fourth-order valence-electron chi connectivity index (χ4n) is 1.94. The Morgan fingerprint density at radius 3 is 2.20 bits per heavy atom. The minimum absolute atomic E-state index is 0.350. The third kappa shape index (κ3) is 7.22. The molecule has 0 aromatic rings. The van der Waals surface area contributed by atoms with Gasteiger partial charge in [-0.1, -0.05) is 19.8 Å². The maximum atomic E-state index is 11.8. The number of alkyl halides is 2. The van der Waals surface area contributed by atoms with Crippen LogP contribution in [0.3, 0.4) is 0 Å². The highest BCUT2D eigenvalue weighted by Gasteiger charge is 2.27. The minimum Gasteiger partial charge on any atom is -0.328 e. The first-order chi connectivity index (χ1) is 7.04. The molecule has 0 aliphatic heterocycles. The molecule has 0 heterocycles. The van der Waals surface area contributed by atoms with E-state index < -0.39 is 13.1 Å². The number of hydrogen-bond donors (Lipinski definition) is 1. The summed E-state index contributed by atoms with van der Waals surface area (Å²) in [7, 11) is 0. The van der Waals surface area contributed by atoms with Gasteiger partial charge in [-0.05, 0) is 24.7 Å². The second-order valence-corrected chi connectivity index (χ2v) is 4.07. The Morgan fingerprint density at radius 1 is 1.33 bits per heavy atom. The molecule has 0 atom stereocenters. The zero-order valence-corrected chi connectivity index (χ0v) is 8.99. The zero-order valence-electron chi connectivity index (χ0n) is 8.99. The van der Waals surface area contributed by atoms with E-state index >= 15 is 0 Å². The molecule has 0 aromatic carbocycles. The molecule has 0 unspecified atom stereocenters. The zero-order chi connectivity index (χ0) is 11.7. The number of nitrogens with one attached hydrogen (secondary N) is 1. The molecule has 90 valence electrons. The van der Waals surface area contributed by atoms with Gasteiger partial charge >= 0.3 is 6.16 Å². The second-order valence-electron chi connectivity index (χ2n) is 4.07. The second kappa shape index (κ2) is 7.54. The van der Waals surface area contributed by atoms with E-state index in [4.69, 9.17) is 0 Å². The molecule has 0 spiro atoms. The van der Waals surface area contributed by atoms with E-state index in [0.717, 1.165) is 6.42 Å². The average Bonchev–Trinajstić information content (AvgIpc) is 2.53. The molecule has 1 saturated carbocycles. The van der Waals surface area contributed by atoms with E-state index in [-0.39, 0.29) is 0 Å². The molecule has 5 heteroatoms. The predicted octanol–water partition coefficient (Wildman–Crippen LogP) is 3.52. The summed E-state index contributed by atoms with van der Waals surface area (Å²) in [6.45, 7) is 0.941. The first-order valence-electron chi connectivity index (χ1n) is 5.09. The van der Waals surface area contributed by atoms with Crippen LogP contribution >= 0.6 is 0 Å². The van der Waals surface area contributed by atoms with Gasteiger partial charge in [0, 0.05) is 6.54 Å². The van der Waals surface area contributed by atoms with Crippen LogP contribution in [-0.4, -0.2) is 19.6 Å². The largest absolute Gasteiger partial charge is 0.397 e. The molecule has 0 radical (unpaired) electrons. The van der Waals surface area contributed by atoms with Crippen LogP contribution in [0.25, 0.3) is 0 Å². The highest BCUT2D eigenvalue weighted by molar-refractivity contribution is 5.65. The summed E-state index contributed by atoms with van der Waals surface area (Å²) >= 11 is 0. The van der Waals surface area contributed by atoms with Gasteiger partial charge in [0.1, 0.15) is 0 Å². The number of carbonyl (C=O) groups is 1. The summed E-state index contributed by atoms with van der Waals surface area (Å²) in [6.07, 6.45) is 4.49. The van der Waals surface area contributed by atoms with Crippen LogP contribution in [0.5, 0.6) is 0 Å². The van der Waals surface area contributed by atoms with Gasteiger partial charge < -0.3 is 5.32 Å². The Hall–Kier alpha value is -0.740. The topological polar surface area (TPSA) is 29.1 Å². The molecule has 1 fully saturated rings. The Morgan fingerprint density at radius 2 is 1.80 bits per heavy atom. The lowest BCUT2D eigenvalue weighted by Crippen LogP contribution is -2.24. The van der Waals surface area contributed by atoms with Crippen LogP contribution < -0.4 is 5.32 Å². The Labute approximate surface area is 88.2 Å². The van der Waals surface area contributed by atoms with Gasteiger partial charge in [-0.3, -0.25) is 0 Å². The molecule has 2 nitrogen and oxygen atoms in total. The summed E-state index contributed by atoms with van der Waals surface area (Å²) in [6, 6.07) is 0. The van der Waals surface area contributed by atoms with Gasteiger partial charge in [-0.25, -0.2) is 13.6 Å². The quantitative estimate of drug-likeness (QED) is 0.578. The fourth-order valence-corrected chi connectivity index (χ4v) is 1.94. The molecule has 1 N–H and O–H groups in total. The van der Waals surface area contributed by atoms with Crippen molar-refractivity contribution in [3.63, 3.8) is 0 Å². The lowest BCUT2D eigenvalue weighted by Gasteiger charge is -2.22. The van der Waals surface area contributed by atoms with Crippen molar-refractivity contribution in [3.05, 3.63) is 0 Å². The summed E-state index contributed by atoms with van der Waals surface area (Å²) in [5, 5.41) is 2.19. The first kappa shape index (κ1) is 14.3. The molecular weight excluding hydrogens is 207 g/mol. The van der Waals surface area contributed by atoms with Crippen molar-refractivity contribution < 1.29 is 18.0 Å². The maximum Gasteiger partial charge on any atom is 0.397 e. The average molecular weight is 225 g/mol. The van der Waals surface area contributed by atoms with Crippen molar-refractivity contribution in [1.29, 1.82) is 0 Å². The monoisotopic (exact) mass is 225 g/mol. The van der Waals surface area contributed by atoms with Gasteiger partial charge in [0.25, 0.3) is 0 Å². The SMILES string of the molecule is CC1(CCNC(=O)F)CCCC1.FCF. The van der Waals surface area contributed by atoms with Crippen LogP contribution in [0, 0.1) is 5.41 Å². The van der Waals surface area contributed by atoms with Crippen molar-refractivity contribution >= 4 is 6.16 Å². The van der Waals surface area contributed by atoms with Crippen LogP contribution in [0.4, 0.5) is 18.0 Å². The summed E-state index contributed by atoms with van der Waals surface area (Å²) in [5.41, 5.74) is 0.350. The van der Waals surface area contributed by atoms with Gasteiger partial charge in [0.05, 0.1) is 0 Å². The Kier molecular flexibility index (Phi) is 7.17. The molecule has 15 heavy (non-hydrogen) atoms. The first-order valence-corrected chi connectivity index (χ1v) is 5.09. The van der Waals surface area contributed by atoms with Crippen molar-refractivity contribution in [3.8, 4) is 0 Å². The molecule has 0 saturated heterocycles. The molecule has 0 aromatic heterocycles. The lowest BCUT2D eigenvalue weighted by atomic mass is 9.85. The molecular formula is C10H18F3NO. The van der Waals surface area contributed by atoms with E-state index in [0.29, 0.717) is 12.0 Å². The smallest absolute Gasteiger partial charge is 0.328 e. The van der Waals surface area contributed by atoms with E-state index in [1.165, 1.54) is 25.7 Å². The molecule has 1 aliphatic carbocycles.